The number of amides is 1. The minimum Gasteiger partial charge on any atom is -0.345 e. The monoisotopic (exact) mass is 344 g/mol. The van der Waals surface area contributed by atoms with Crippen molar-refractivity contribution in [3.63, 3.8) is 0 Å². The number of fused-ring (bicyclic) bond motifs is 1. The van der Waals surface area contributed by atoms with Gasteiger partial charge in [0.2, 0.25) is 10.0 Å². The number of rotatable bonds is 4. The maximum absolute atomic E-state index is 12.7. The van der Waals surface area contributed by atoms with Crippen molar-refractivity contribution >= 4 is 21.6 Å². The second-order valence-electron chi connectivity index (χ2n) is 6.04. The first kappa shape index (κ1) is 16.5. The molecular weight excluding hydrogens is 324 g/mol. The molecule has 0 saturated carbocycles. The fraction of sp³-hybridized carbons (Fsp3) is 0.278. The molecule has 6 heteroatoms. The number of hydrogen-bond donors (Lipinski definition) is 2. The predicted octanol–water partition coefficient (Wildman–Crippen LogP) is 2.87. The van der Waals surface area contributed by atoms with Gasteiger partial charge in [-0.25, -0.2) is 8.42 Å². The van der Waals surface area contributed by atoms with E-state index in [1.807, 2.05) is 18.2 Å². The summed E-state index contributed by atoms with van der Waals surface area (Å²) in [6.45, 7) is 0. The Balaban J connectivity index is 1.84. The summed E-state index contributed by atoms with van der Waals surface area (Å²) in [6.07, 6.45) is 3.99. The van der Waals surface area contributed by atoms with Crippen molar-refractivity contribution in [1.82, 2.24) is 5.32 Å². The third kappa shape index (κ3) is 3.76. The second kappa shape index (κ2) is 6.65. The molecule has 0 fully saturated rings. The van der Waals surface area contributed by atoms with Crippen molar-refractivity contribution in [3.8, 4) is 0 Å². The van der Waals surface area contributed by atoms with Crippen LogP contribution in [0.15, 0.2) is 48.5 Å². The SMILES string of the molecule is CS(=O)(=O)Nc1ccccc1C(=O)N[C@@H]1CCCc2ccccc21. The fourth-order valence-corrected chi connectivity index (χ4v) is 3.69. The minimum atomic E-state index is -3.44. The van der Waals surface area contributed by atoms with E-state index < -0.39 is 10.0 Å². The van der Waals surface area contributed by atoms with Gasteiger partial charge < -0.3 is 5.32 Å². The summed E-state index contributed by atoms with van der Waals surface area (Å²) in [5.74, 6) is -0.275. The topological polar surface area (TPSA) is 75.3 Å². The van der Waals surface area contributed by atoms with E-state index in [9.17, 15) is 13.2 Å². The molecule has 1 amide bonds. The standard InChI is InChI=1S/C18H20N2O3S/c1-24(22,23)20-17-11-5-4-10-15(17)18(21)19-16-12-6-8-13-7-2-3-9-14(13)16/h2-5,7,9-11,16,20H,6,8,12H2,1H3,(H,19,21)/t16-/m1/s1. The predicted molar refractivity (Wildman–Crippen MR) is 94.5 cm³/mol. The molecule has 1 atom stereocenters. The zero-order chi connectivity index (χ0) is 17.2. The molecule has 0 radical (unpaired) electrons. The van der Waals surface area contributed by atoms with Crippen molar-refractivity contribution in [1.29, 1.82) is 0 Å². The number of aryl methyl sites for hydroxylation is 1. The van der Waals surface area contributed by atoms with Gasteiger partial charge in [0.1, 0.15) is 0 Å². The van der Waals surface area contributed by atoms with Gasteiger partial charge in [-0.05, 0) is 42.5 Å². The molecule has 0 aliphatic heterocycles. The lowest BCUT2D eigenvalue weighted by Gasteiger charge is -2.26. The first-order valence-corrected chi connectivity index (χ1v) is 9.79. The Labute approximate surface area is 142 Å². The van der Waals surface area contributed by atoms with Crippen LogP contribution in [-0.4, -0.2) is 20.6 Å². The van der Waals surface area contributed by atoms with E-state index in [0.29, 0.717) is 11.3 Å². The minimum absolute atomic E-state index is 0.0475. The van der Waals surface area contributed by atoms with E-state index in [0.717, 1.165) is 31.1 Å². The van der Waals surface area contributed by atoms with Gasteiger partial charge in [0.25, 0.3) is 5.91 Å². The van der Waals surface area contributed by atoms with Crippen LogP contribution >= 0.6 is 0 Å². The van der Waals surface area contributed by atoms with Crippen LogP contribution in [0.5, 0.6) is 0 Å². The number of carbonyl (C=O) groups excluding carboxylic acids is 1. The van der Waals surface area contributed by atoms with Crippen molar-refractivity contribution in [3.05, 3.63) is 65.2 Å². The van der Waals surface area contributed by atoms with Gasteiger partial charge in [0, 0.05) is 0 Å². The number of benzene rings is 2. The third-order valence-corrected chi connectivity index (χ3v) is 4.73. The van der Waals surface area contributed by atoms with E-state index in [-0.39, 0.29) is 11.9 Å². The lowest BCUT2D eigenvalue weighted by atomic mass is 9.87. The van der Waals surface area contributed by atoms with E-state index in [4.69, 9.17) is 0 Å². The molecule has 0 saturated heterocycles. The molecule has 0 heterocycles. The molecule has 5 nitrogen and oxygen atoms in total. The molecule has 0 spiro atoms. The Morgan fingerprint density at radius 3 is 2.58 bits per heavy atom. The number of anilines is 1. The quantitative estimate of drug-likeness (QED) is 0.895. The fourth-order valence-electron chi connectivity index (χ4n) is 3.11. The Bertz CT molecular complexity index is 862. The number of hydrogen-bond acceptors (Lipinski definition) is 3. The Kier molecular flexibility index (Phi) is 4.57. The molecular formula is C18H20N2O3S. The number of nitrogens with one attached hydrogen (secondary N) is 2. The lowest BCUT2D eigenvalue weighted by Crippen LogP contribution is -2.31. The molecule has 0 aromatic heterocycles. The van der Waals surface area contributed by atoms with Gasteiger partial charge in [0.05, 0.1) is 23.5 Å². The molecule has 24 heavy (non-hydrogen) atoms. The average Bonchev–Trinajstić information content (AvgIpc) is 2.54. The van der Waals surface area contributed by atoms with Crippen LogP contribution < -0.4 is 10.0 Å². The van der Waals surface area contributed by atoms with Crippen LogP contribution in [0.4, 0.5) is 5.69 Å². The summed E-state index contributed by atoms with van der Waals surface area (Å²) in [5.41, 5.74) is 3.02. The highest BCUT2D eigenvalue weighted by molar-refractivity contribution is 7.92. The summed E-state index contributed by atoms with van der Waals surface area (Å²) < 4.78 is 25.4. The highest BCUT2D eigenvalue weighted by atomic mass is 32.2. The van der Waals surface area contributed by atoms with Crippen LogP contribution in [0.1, 0.15) is 40.4 Å². The maximum atomic E-state index is 12.7. The summed E-state index contributed by atoms with van der Waals surface area (Å²) in [4.78, 5) is 12.7. The lowest BCUT2D eigenvalue weighted by molar-refractivity contribution is 0.0933. The molecule has 1 aliphatic carbocycles. The van der Waals surface area contributed by atoms with E-state index in [2.05, 4.69) is 16.1 Å². The normalized spacial score (nSPS) is 17.0. The van der Waals surface area contributed by atoms with Gasteiger partial charge in [-0.3, -0.25) is 9.52 Å². The van der Waals surface area contributed by atoms with Crippen LogP contribution in [0.3, 0.4) is 0 Å². The van der Waals surface area contributed by atoms with Crippen LogP contribution in [-0.2, 0) is 16.4 Å². The average molecular weight is 344 g/mol. The molecule has 0 bridgehead atoms. The summed E-state index contributed by atoms with van der Waals surface area (Å²) >= 11 is 0. The second-order valence-corrected chi connectivity index (χ2v) is 7.79. The smallest absolute Gasteiger partial charge is 0.253 e. The van der Waals surface area contributed by atoms with Gasteiger partial charge in [-0.2, -0.15) is 0 Å². The Morgan fingerprint density at radius 2 is 1.79 bits per heavy atom. The molecule has 1 aliphatic rings. The van der Waals surface area contributed by atoms with E-state index >= 15 is 0 Å². The van der Waals surface area contributed by atoms with Gasteiger partial charge in [-0.1, -0.05) is 36.4 Å². The largest absolute Gasteiger partial charge is 0.345 e. The number of para-hydroxylation sites is 1. The molecule has 3 rings (SSSR count). The molecule has 2 N–H and O–H groups in total. The number of sulfonamides is 1. The van der Waals surface area contributed by atoms with Crippen LogP contribution in [0.25, 0.3) is 0 Å². The van der Waals surface area contributed by atoms with E-state index in [1.54, 1.807) is 24.3 Å². The zero-order valence-corrected chi connectivity index (χ0v) is 14.3. The molecule has 2 aromatic carbocycles. The number of carbonyl (C=O) groups is 1. The zero-order valence-electron chi connectivity index (χ0n) is 13.5. The molecule has 2 aromatic rings. The molecule has 0 unspecified atom stereocenters. The third-order valence-electron chi connectivity index (χ3n) is 4.14. The first-order chi connectivity index (χ1) is 11.4. The highest BCUT2D eigenvalue weighted by Gasteiger charge is 2.23. The molecule has 126 valence electrons. The van der Waals surface area contributed by atoms with Crippen molar-refractivity contribution < 1.29 is 13.2 Å². The summed E-state index contributed by atoms with van der Waals surface area (Å²) in [6, 6.07) is 14.7. The van der Waals surface area contributed by atoms with Gasteiger partial charge in [0.15, 0.2) is 0 Å². The maximum Gasteiger partial charge on any atom is 0.253 e. The van der Waals surface area contributed by atoms with Crippen molar-refractivity contribution in [2.75, 3.05) is 11.0 Å². The summed E-state index contributed by atoms with van der Waals surface area (Å²) in [7, 11) is -3.44. The first-order valence-electron chi connectivity index (χ1n) is 7.89. The Morgan fingerprint density at radius 1 is 1.08 bits per heavy atom. The van der Waals surface area contributed by atoms with E-state index in [1.165, 1.54) is 5.56 Å². The van der Waals surface area contributed by atoms with Gasteiger partial charge in [-0.15, -0.1) is 0 Å². The summed E-state index contributed by atoms with van der Waals surface area (Å²) in [5, 5.41) is 3.04. The van der Waals surface area contributed by atoms with Crippen LogP contribution in [0, 0.1) is 0 Å². The highest BCUT2D eigenvalue weighted by Crippen LogP contribution is 2.30. The van der Waals surface area contributed by atoms with Gasteiger partial charge >= 0.3 is 0 Å². The van der Waals surface area contributed by atoms with Crippen molar-refractivity contribution in [2.24, 2.45) is 0 Å². The van der Waals surface area contributed by atoms with Crippen molar-refractivity contribution in [2.45, 2.75) is 25.3 Å². The van der Waals surface area contributed by atoms with Crippen LogP contribution in [0.2, 0.25) is 0 Å². The Hall–Kier alpha value is -2.34.